The van der Waals surface area contributed by atoms with Crippen molar-refractivity contribution >= 4 is 85.9 Å². The Morgan fingerprint density at radius 3 is 1.58 bits per heavy atom. The average molecular weight is 717 g/mol. The first-order valence-corrected chi connectivity index (χ1v) is 19.6. The van der Waals surface area contributed by atoms with Gasteiger partial charge in [-0.25, -0.2) is 0 Å². The minimum atomic E-state index is 1.16. The van der Waals surface area contributed by atoms with Gasteiger partial charge in [-0.15, -0.1) is 11.3 Å². The molecule has 0 N–H and O–H groups in total. The third kappa shape index (κ3) is 4.67. The number of thiophene rings is 1. The number of benzene rings is 9. The first kappa shape index (κ1) is 30.5. The Morgan fingerprint density at radius 2 is 0.800 bits per heavy atom. The summed E-state index contributed by atoms with van der Waals surface area (Å²) in [6.45, 7) is 0. The fourth-order valence-electron chi connectivity index (χ4n) is 8.88. The summed E-state index contributed by atoms with van der Waals surface area (Å²) < 4.78 is 7.51. The van der Waals surface area contributed by atoms with Gasteiger partial charge in [0.25, 0.3) is 0 Å². The van der Waals surface area contributed by atoms with E-state index in [9.17, 15) is 0 Å². The SMILES string of the molecule is c1ccc(-c2ccc(-n3c4ccc(-c5ccc6c(c5)c5ccccc5n6-c5ccc6c(c5)sc5ccccc56)cc4c4cc5ccccc5cc43)cc2)cc1. The van der Waals surface area contributed by atoms with Crippen molar-refractivity contribution in [1.82, 2.24) is 9.13 Å². The molecule has 0 unspecified atom stereocenters. The molecule has 12 aromatic rings. The van der Waals surface area contributed by atoms with Crippen LogP contribution in [0.15, 0.2) is 194 Å². The molecule has 3 heterocycles. The van der Waals surface area contributed by atoms with Gasteiger partial charge >= 0.3 is 0 Å². The molecule has 3 aromatic heterocycles. The van der Waals surface area contributed by atoms with Crippen LogP contribution in [0.5, 0.6) is 0 Å². The molecule has 0 radical (unpaired) electrons. The summed E-state index contributed by atoms with van der Waals surface area (Å²) in [4.78, 5) is 0. The van der Waals surface area contributed by atoms with Crippen LogP contribution in [-0.4, -0.2) is 9.13 Å². The molecular weight excluding hydrogens is 685 g/mol. The maximum absolute atomic E-state index is 2.43. The van der Waals surface area contributed by atoms with Crippen molar-refractivity contribution < 1.29 is 0 Å². The van der Waals surface area contributed by atoms with Crippen LogP contribution in [0.3, 0.4) is 0 Å². The fraction of sp³-hybridized carbons (Fsp3) is 0. The van der Waals surface area contributed by atoms with Crippen LogP contribution in [0.1, 0.15) is 0 Å². The quantitative estimate of drug-likeness (QED) is 0.172. The fourth-order valence-corrected chi connectivity index (χ4v) is 10.0. The summed E-state index contributed by atoms with van der Waals surface area (Å²) in [5.74, 6) is 0. The summed E-state index contributed by atoms with van der Waals surface area (Å²) >= 11 is 1.87. The largest absolute Gasteiger partial charge is 0.309 e. The second kappa shape index (κ2) is 11.8. The van der Waals surface area contributed by atoms with Crippen molar-refractivity contribution in [3.63, 3.8) is 0 Å². The van der Waals surface area contributed by atoms with Crippen LogP contribution in [0, 0.1) is 0 Å². The van der Waals surface area contributed by atoms with E-state index >= 15 is 0 Å². The van der Waals surface area contributed by atoms with Gasteiger partial charge in [0.15, 0.2) is 0 Å². The molecule has 0 saturated heterocycles. The van der Waals surface area contributed by atoms with Crippen molar-refractivity contribution in [1.29, 1.82) is 0 Å². The highest BCUT2D eigenvalue weighted by molar-refractivity contribution is 7.25. The van der Waals surface area contributed by atoms with E-state index in [1.165, 1.54) is 102 Å². The lowest BCUT2D eigenvalue weighted by Crippen LogP contribution is -1.94. The normalized spacial score (nSPS) is 12.0. The maximum atomic E-state index is 2.43. The van der Waals surface area contributed by atoms with E-state index in [1.807, 2.05) is 11.3 Å². The minimum Gasteiger partial charge on any atom is -0.309 e. The Bertz CT molecular complexity index is 3470. The Kier molecular flexibility index (Phi) is 6.54. The average Bonchev–Trinajstić information content (AvgIpc) is 3.89. The number of aromatic nitrogens is 2. The lowest BCUT2D eigenvalue weighted by atomic mass is 10.00. The summed E-state index contributed by atoms with van der Waals surface area (Å²) in [6, 6.07) is 71.5. The van der Waals surface area contributed by atoms with Gasteiger partial charge in [-0.3, -0.25) is 0 Å². The van der Waals surface area contributed by atoms with E-state index in [1.54, 1.807) is 0 Å². The summed E-state index contributed by atoms with van der Waals surface area (Å²) in [5.41, 5.74) is 12.1. The maximum Gasteiger partial charge on any atom is 0.0547 e. The van der Waals surface area contributed by atoms with E-state index in [4.69, 9.17) is 0 Å². The second-order valence-corrected chi connectivity index (χ2v) is 15.6. The topological polar surface area (TPSA) is 9.86 Å². The number of hydrogen-bond donors (Lipinski definition) is 0. The number of fused-ring (bicyclic) bond motifs is 10. The van der Waals surface area contributed by atoms with Gasteiger partial charge in [0.1, 0.15) is 0 Å². The summed E-state index contributed by atoms with van der Waals surface area (Å²) in [7, 11) is 0. The smallest absolute Gasteiger partial charge is 0.0547 e. The Labute approximate surface area is 321 Å². The van der Waals surface area contributed by atoms with Crippen molar-refractivity contribution in [2.24, 2.45) is 0 Å². The van der Waals surface area contributed by atoms with Crippen molar-refractivity contribution in [2.75, 3.05) is 0 Å². The lowest BCUT2D eigenvalue weighted by molar-refractivity contribution is 1.18. The number of rotatable bonds is 4. The van der Waals surface area contributed by atoms with Gasteiger partial charge in [0, 0.05) is 53.1 Å². The molecule has 0 fully saturated rings. The van der Waals surface area contributed by atoms with Gasteiger partial charge in [0.2, 0.25) is 0 Å². The molecule has 0 aliphatic carbocycles. The highest BCUT2D eigenvalue weighted by Gasteiger charge is 2.18. The van der Waals surface area contributed by atoms with E-state index < -0.39 is 0 Å². The molecule has 12 rings (SSSR count). The zero-order valence-electron chi connectivity index (χ0n) is 29.8. The zero-order valence-corrected chi connectivity index (χ0v) is 30.6. The summed E-state index contributed by atoms with van der Waals surface area (Å²) in [6.07, 6.45) is 0. The third-order valence-corrected chi connectivity index (χ3v) is 12.6. The van der Waals surface area contributed by atoms with Gasteiger partial charge in [-0.05, 0) is 106 Å². The van der Waals surface area contributed by atoms with Gasteiger partial charge in [-0.1, -0.05) is 121 Å². The van der Waals surface area contributed by atoms with Gasteiger partial charge in [-0.2, -0.15) is 0 Å². The van der Waals surface area contributed by atoms with E-state index in [-0.39, 0.29) is 0 Å². The van der Waals surface area contributed by atoms with Crippen molar-refractivity contribution in [3.05, 3.63) is 194 Å². The van der Waals surface area contributed by atoms with Crippen LogP contribution in [0.4, 0.5) is 0 Å². The first-order chi connectivity index (χ1) is 27.2. The van der Waals surface area contributed by atoms with Crippen LogP contribution >= 0.6 is 11.3 Å². The predicted molar refractivity (Wildman–Crippen MR) is 236 cm³/mol. The molecule has 2 nitrogen and oxygen atoms in total. The molecule has 0 aliphatic rings. The molecule has 9 aromatic carbocycles. The molecule has 3 heteroatoms. The summed E-state index contributed by atoms with van der Waals surface area (Å²) in [5, 5.41) is 10.2. The third-order valence-electron chi connectivity index (χ3n) is 11.5. The van der Waals surface area contributed by atoms with Crippen molar-refractivity contribution in [3.8, 4) is 33.6 Å². The number of nitrogens with zero attached hydrogens (tertiary/aromatic N) is 2. The predicted octanol–water partition coefficient (Wildman–Crippen LogP) is 14.7. The molecule has 0 bridgehead atoms. The molecule has 0 atom stereocenters. The number of hydrogen-bond acceptors (Lipinski definition) is 1. The first-order valence-electron chi connectivity index (χ1n) is 18.8. The standard InChI is InChI=1S/C52H32N2S/c1-2-10-33(11-3-1)34-18-22-39(23-19-34)53-49-27-21-38(30-45(49)46-28-35-12-4-5-13-36(35)31-50(46)53)37-20-26-48-44(29-37)41-14-6-8-16-47(41)54(48)40-24-25-43-42-15-7-9-17-51(42)55-52(43)32-40/h1-32H. The second-order valence-electron chi connectivity index (χ2n) is 14.6. The van der Waals surface area contributed by atoms with E-state index in [0.717, 1.165) is 5.69 Å². The van der Waals surface area contributed by atoms with Crippen LogP contribution in [0.2, 0.25) is 0 Å². The molecular formula is C52H32N2S. The van der Waals surface area contributed by atoms with Gasteiger partial charge < -0.3 is 9.13 Å². The monoisotopic (exact) mass is 716 g/mol. The van der Waals surface area contributed by atoms with Crippen LogP contribution < -0.4 is 0 Å². The van der Waals surface area contributed by atoms with Crippen LogP contribution in [0.25, 0.3) is 108 Å². The molecule has 0 spiro atoms. The Balaban J connectivity index is 1.03. The molecule has 0 saturated carbocycles. The lowest BCUT2D eigenvalue weighted by Gasteiger charge is -2.11. The minimum absolute atomic E-state index is 1.16. The van der Waals surface area contributed by atoms with E-state index in [0.29, 0.717) is 0 Å². The Morgan fingerprint density at radius 1 is 0.273 bits per heavy atom. The zero-order chi connectivity index (χ0) is 36.0. The van der Waals surface area contributed by atoms with E-state index in [2.05, 4.69) is 203 Å². The van der Waals surface area contributed by atoms with Crippen molar-refractivity contribution in [2.45, 2.75) is 0 Å². The highest BCUT2D eigenvalue weighted by Crippen LogP contribution is 2.41. The molecule has 0 amide bonds. The van der Waals surface area contributed by atoms with Gasteiger partial charge in [0.05, 0.1) is 22.1 Å². The number of para-hydroxylation sites is 1. The molecule has 55 heavy (non-hydrogen) atoms. The van der Waals surface area contributed by atoms with Crippen LogP contribution in [-0.2, 0) is 0 Å². The Hall–Kier alpha value is -6.94. The highest BCUT2D eigenvalue weighted by atomic mass is 32.1. The molecule has 0 aliphatic heterocycles. The molecule has 256 valence electrons.